The fraction of sp³-hybridized carbons (Fsp3) is 0.316. The van der Waals surface area contributed by atoms with E-state index >= 15 is 0 Å². The predicted molar refractivity (Wildman–Crippen MR) is 91.5 cm³/mol. The Morgan fingerprint density at radius 3 is 2.70 bits per heavy atom. The van der Waals surface area contributed by atoms with Crippen molar-refractivity contribution in [3.63, 3.8) is 0 Å². The minimum absolute atomic E-state index is 0.0417. The maximum Gasteiger partial charge on any atom is 0.253 e. The second-order valence-electron chi connectivity index (χ2n) is 5.93. The highest BCUT2D eigenvalue weighted by atomic mass is 16.5. The minimum Gasteiger partial charge on any atom is -0.496 e. The van der Waals surface area contributed by atoms with Crippen LogP contribution in [0.5, 0.6) is 5.75 Å². The van der Waals surface area contributed by atoms with Crippen LogP contribution >= 0.6 is 0 Å². The highest BCUT2D eigenvalue weighted by Gasteiger charge is 2.23. The van der Waals surface area contributed by atoms with Gasteiger partial charge in [-0.2, -0.15) is 0 Å². The van der Waals surface area contributed by atoms with E-state index in [1.165, 1.54) is 0 Å². The number of likely N-dealkylation sites (tertiary alicyclic amines) is 1. The molecule has 0 unspecified atom stereocenters. The number of nitrogens with two attached hydrogens (primary N) is 1. The molecular weight excluding hydrogens is 288 g/mol. The summed E-state index contributed by atoms with van der Waals surface area (Å²) in [6.45, 7) is 1.41. The second kappa shape index (κ2) is 6.84. The molecule has 4 heteroatoms. The first-order chi connectivity index (χ1) is 11.2. The van der Waals surface area contributed by atoms with E-state index in [0.717, 1.165) is 36.3 Å². The lowest BCUT2D eigenvalue weighted by atomic mass is 10.00. The molecule has 0 spiro atoms. The standard InChI is InChI=1S/C19H22N2O2/c1-23-18-10-9-15(12-17(18)14-6-3-2-4-7-14)19(22)21-11-5-8-16(20)13-21/h2-4,6-7,9-10,12,16H,5,8,11,13,20H2,1H3/t16-/m1/s1. The molecular formula is C19H22N2O2. The van der Waals surface area contributed by atoms with E-state index in [-0.39, 0.29) is 11.9 Å². The number of ether oxygens (including phenoxy) is 1. The van der Waals surface area contributed by atoms with Crippen LogP contribution in [0.15, 0.2) is 48.5 Å². The maximum absolute atomic E-state index is 12.8. The number of carbonyl (C=O) groups excluding carboxylic acids is 1. The van der Waals surface area contributed by atoms with Crippen molar-refractivity contribution in [1.82, 2.24) is 4.90 Å². The van der Waals surface area contributed by atoms with E-state index in [2.05, 4.69) is 0 Å². The lowest BCUT2D eigenvalue weighted by Crippen LogP contribution is -2.45. The lowest BCUT2D eigenvalue weighted by molar-refractivity contribution is 0.0709. The molecule has 1 aliphatic rings. The SMILES string of the molecule is COc1ccc(C(=O)N2CCC[C@@H](N)C2)cc1-c1ccccc1. The van der Waals surface area contributed by atoms with Gasteiger partial charge in [0.2, 0.25) is 0 Å². The molecule has 1 heterocycles. The monoisotopic (exact) mass is 310 g/mol. The molecule has 2 N–H and O–H groups in total. The van der Waals surface area contributed by atoms with Crippen LogP contribution in [0.4, 0.5) is 0 Å². The summed E-state index contributed by atoms with van der Waals surface area (Å²) in [5, 5.41) is 0. The average Bonchev–Trinajstić information content (AvgIpc) is 2.61. The molecule has 2 aromatic rings. The van der Waals surface area contributed by atoms with E-state index in [0.29, 0.717) is 12.1 Å². The topological polar surface area (TPSA) is 55.6 Å². The quantitative estimate of drug-likeness (QED) is 0.948. The van der Waals surface area contributed by atoms with Gasteiger partial charge in [0.05, 0.1) is 7.11 Å². The van der Waals surface area contributed by atoms with Crippen LogP contribution in [0, 0.1) is 0 Å². The van der Waals surface area contributed by atoms with Crippen LogP contribution < -0.4 is 10.5 Å². The van der Waals surface area contributed by atoms with Gasteiger partial charge in [0.1, 0.15) is 5.75 Å². The number of amides is 1. The van der Waals surface area contributed by atoms with E-state index in [1.807, 2.05) is 53.4 Å². The van der Waals surface area contributed by atoms with E-state index < -0.39 is 0 Å². The van der Waals surface area contributed by atoms with Gasteiger partial charge in [-0.25, -0.2) is 0 Å². The minimum atomic E-state index is 0.0417. The Morgan fingerprint density at radius 1 is 1.22 bits per heavy atom. The molecule has 3 rings (SSSR count). The lowest BCUT2D eigenvalue weighted by Gasteiger charge is -2.31. The van der Waals surface area contributed by atoms with E-state index in [9.17, 15) is 4.79 Å². The zero-order valence-corrected chi connectivity index (χ0v) is 13.4. The van der Waals surface area contributed by atoms with Crippen molar-refractivity contribution in [2.45, 2.75) is 18.9 Å². The Balaban J connectivity index is 1.93. The number of piperidine rings is 1. The summed E-state index contributed by atoms with van der Waals surface area (Å²) in [6, 6.07) is 15.6. The number of carbonyl (C=O) groups is 1. The summed E-state index contributed by atoms with van der Waals surface area (Å²) in [4.78, 5) is 14.6. The van der Waals surface area contributed by atoms with Crippen LogP contribution in [0.2, 0.25) is 0 Å². The van der Waals surface area contributed by atoms with Crippen LogP contribution in [0.1, 0.15) is 23.2 Å². The number of benzene rings is 2. The molecule has 0 bridgehead atoms. The smallest absolute Gasteiger partial charge is 0.253 e. The third-order valence-corrected chi connectivity index (χ3v) is 4.28. The normalized spacial score (nSPS) is 17.8. The first kappa shape index (κ1) is 15.6. The van der Waals surface area contributed by atoms with Gasteiger partial charge in [-0.15, -0.1) is 0 Å². The molecule has 1 fully saturated rings. The summed E-state index contributed by atoms with van der Waals surface area (Å²) < 4.78 is 5.45. The summed E-state index contributed by atoms with van der Waals surface area (Å²) in [5.74, 6) is 0.808. The molecule has 0 saturated carbocycles. The zero-order valence-electron chi connectivity index (χ0n) is 13.4. The molecule has 0 aromatic heterocycles. The fourth-order valence-corrected chi connectivity index (χ4v) is 3.06. The van der Waals surface area contributed by atoms with E-state index in [1.54, 1.807) is 7.11 Å². The third kappa shape index (κ3) is 3.37. The van der Waals surface area contributed by atoms with Gasteiger partial charge in [-0.1, -0.05) is 30.3 Å². The largest absolute Gasteiger partial charge is 0.496 e. The Kier molecular flexibility index (Phi) is 4.63. The van der Waals surface area contributed by atoms with Crippen molar-refractivity contribution in [2.24, 2.45) is 5.73 Å². The molecule has 1 atom stereocenters. The summed E-state index contributed by atoms with van der Waals surface area (Å²) in [6.07, 6.45) is 1.95. The molecule has 1 amide bonds. The molecule has 120 valence electrons. The van der Waals surface area contributed by atoms with Crippen LogP contribution in [0.25, 0.3) is 11.1 Å². The van der Waals surface area contributed by atoms with Crippen molar-refractivity contribution < 1.29 is 9.53 Å². The zero-order chi connectivity index (χ0) is 16.2. The number of methoxy groups -OCH3 is 1. The fourth-order valence-electron chi connectivity index (χ4n) is 3.06. The number of rotatable bonds is 3. The molecule has 0 aliphatic carbocycles. The number of nitrogens with zero attached hydrogens (tertiary/aromatic N) is 1. The van der Waals surface area contributed by atoms with Gasteiger partial charge in [0.15, 0.2) is 0 Å². The van der Waals surface area contributed by atoms with Gasteiger partial charge >= 0.3 is 0 Å². The van der Waals surface area contributed by atoms with Crippen molar-refractivity contribution in [3.8, 4) is 16.9 Å². The highest BCUT2D eigenvalue weighted by Crippen LogP contribution is 2.31. The van der Waals surface area contributed by atoms with Crippen LogP contribution in [0.3, 0.4) is 0 Å². The van der Waals surface area contributed by atoms with Gasteiger partial charge in [0, 0.05) is 30.3 Å². The predicted octanol–water partition coefficient (Wildman–Crippen LogP) is 2.93. The average molecular weight is 310 g/mol. The molecule has 23 heavy (non-hydrogen) atoms. The summed E-state index contributed by atoms with van der Waals surface area (Å²) >= 11 is 0. The van der Waals surface area contributed by atoms with Crippen molar-refractivity contribution in [3.05, 3.63) is 54.1 Å². The van der Waals surface area contributed by atoms with Crippen LogP contribution in [-0.2, 0) is 0 Å². The van der Waals surface area contributed by atoms with Gasteiger partial charge in [-0.05, 0) is 36.6 Å². The van der Waals surface area contributed by atoms with Crippen molar-refractivity contribution in [2.75, 3.05) is 20.2 Å². The highest BCUT2D eigenvalue weighted by molar-refractivity contribution is 5.96. The van der Waals surface area contributed by atoms with Crippen LogP contribution in [-0.4, -0.2) is 37.0 Å². The third-order valence-electron chi connectivity index (χ3n) is 4.28. The Bertz CT molecular complexity index is 685. The van der Waals surface area contributed by atoms with Gasteiger partial charge in [-0.3, -0.25) is 4.79 Å². The molecule has 2 aromatic carbocycles. The second-order valence-corrected chi connectivity index (χ2v) is 5.93. The van der Waals surface area contributed by atoms with Crippen molar-refractivity contribution >= 4 is 5.91 Å². The Hall–Kier alpha value is -2.33. The number of hydrogen-bond acceptors (Lipinski definition) is 3. The molecule has 1 saturated heterocycles. The number of hydrogen-bond donors (Lipinski definition) is 1. The molecule has 4 nitrogen and oxygen atoms in total. The first-order valence-electron chi connectivity index (χ1n) is 7.97. The Labute approximate surface area is 136 Å². The van der Waals surface area contributed by atoms with E-state index in [4.69, 9.17) is 10.5 Å². The molecule has 0 radical (unpaired) electrons. The van der Waals surface area contributed by atoms with Gasteiger partial charge in [0.25, 0.3) is 5.91 Å². The molecule has 1 aliphatic heterocycles. The Morgan fingerprint density at radius 2 is 2.00 bits per heavy atom. The van der Waals surface area contributed by atoms with Gasteiger partial charge < -0.3 is 15.4 Å². The van der Waals surface area contributed by atoms with Crippen molar-refractivity contribution in [1.29, 1.82) is 0 Å². The maximum atomic E-state index is 12.8. The summed E-state index contributed by atoms with van der Waals surface area (Å²) in [7, 11) is 1.65. The first-order valence-corrected chi connectivity index (χ1v) is 7.97. The summed E-state index contributed by atoms with van der Waals surface area (Å²) in [5.41, 5.74) is 8.64.